The zero-order chi connectivity index (χ0) is 10.8. The molecule has 0 aromatic carbocycles. The van der Waals surface area contributed by atoms with Crippen molar-refractivity contribution in [2.45, 2.75) is 38.3 Å². The van der Waals surface area contributed by atoms with Crippen LogP contribution in [-0.4, -0.2) is 54.0 Å². The van der Waals surface area contributed by atoms with Gasteiger partial charge < -0.3 is 15.5 Å². The molecule has 1 amide bonds. The Morgan fingerprint density at radius 1 is 1.40 bits per heavy atom. The molecule has 86 valence electrons. The van der Waals surface area contributed by atoms with Gasteiger partial charge in [0.2, 0.25) is 5.91 Å². The number of hydrogen-bond acceptors (Lipinski definition) is 3. The molecule has 0 aromatic heterocycles. The molecule has 4 heteroatoms. The molecule has 0 saturated carbocycles. The number of hydrogen-bond donors (Lipinski definition) is 1. The molecule has 1 unspecified atom stereocenters. The minimum Gasteiger partial charge on any atom is -0.338 e. The Morgan fingerprint density at radius 2 is 2.07 bits per heavy atom. The van der Waals surface area contributed by atoms with Crippen LogP contribution in [0.3, 0.4) is 0 Å². The second-order valence-electron chi connectivity index (χ2n) is 4.68. The van der Waals surface area contributed by atoms with Crippen molar-refractivity contribution in [2.24, 2.45) is 5.73 Å². The summed E-state index contributed by atoms with van der Waals surface area (Å²) in [6, 6.07) is 0.524. The van der Waals surface area contributed by atoms with Gasteiger partial charge in [-0.25, -0.2) is 0 Å². The van der Waals surface area contributed by atoms with Crippen molar-refractivity contribution in [3.8, 4) is 0 Å². The maximum atomic E-state index is 11.7. The first-order valence-electron chi connectivity index (χ1n) is 5.98. The summed E-state index contributed by atoms with van der Waals surface area (Å²) in [5.74, 6) is 0.262. The van der Waals surface area contributed by atoms with Gasteiger partial charge in [0.1, 0.15) is 0 Å². The average molecular weight is 211 g/mol. The number of carbonyl (C=O) groups excluding carboxylic acids is 1. The number of amides is 1. The normalized spacial score (nSPS) is 30.1. The van der Waals surface area contributed by atoms with Crippen molar-refractivity contribution in [3.63, 3.8) is 0 Å². The average Bonchev–Trinajstić information content (AvgIpc) is 2.58. The lowest BCUT2D eigenvalue weighted by Gasteiger charge is -2.36. The number of nitrogens with two attached hydrogens (primary N) is 1. The predicted molar refractivity (Wildman–Crippen MR) is 59.4 cm³/mol. The van der Waals surface area contributed by atoms with Gasteiger partial charge in [0, 0.05) is 38.1 Å². The molecule has 2 aliphatic rings. The van der Waals surface area contributed by atoms with E-state index in [-0.39, 0.29) is 11.9 Å². The minimum atomic E-state index is 0.0710. The van der Waals surface area contributed by atoms with Gasteiger partial charge in [-0.1, -0.05) is 6.92 Å². The Hall–Kier alpha value is -0.610. The molecule has 2 N–H and O–H groups in total. The van der Waals surface area contributed by atoms with Crippen LogP contribution in [0.25, 0.3) is 0 Å². The highest BCUT2D eigenvalue weighted by molar-refractivity contribution is 5.79. The number of nitrogens with zero attached hydrogens (tertiary/aromatic N) is 2. The minimum absolute atomic E-state index is 0.0710. The maximum Gasteiger partial charge on any atom is 0.224 e. The Balaban J connectivity index is 1.88. The van der Waals surface area contributed by atoms with Crippen LogP contribution in [0.4, 0.5) is 0 Å². The molecule has 0 radical (unpaired) electrons. The highest BCUT2D eigenvalue weighted by atomic mass is 16.2. The van der Waals surface area contributed by atoms with Crippen LogP contribution in [0.2, 0.25) is 0 Å². The molecule has 1 atom stereocenters. The van der Waals surface area contributed by atoms with Crippen LogP contribution >= 0.6 is 0 Å². The van der Waals surface area contributed by atoms with Crippen molar-refractivity contribution in [3.05, 3.63) is 0 Å². The molecule has 0 aromatic rings. The lowest BCUT2D eigenvalue weighted by Crippen LogP contribution is -2.45. The van der Waals surface area contributed by atoms with Crippen LogP contribution in [0.1, 0.15) is 26.2 Å². The fourth-order valence-electron chi connectivity index (χ4n) is 2.66. The fourth-order valence-corrected chi connectivity index (χ4v) is 2.66. The van der Waals surface area contributed by atoms with E-state index in [0.29, 0.717) is 12.5 Å². The smallest absolute Gasteiger partial charge is 0.224 e. The lowest BCUT2D eigenvalue weighted by molar-refractivity contribution is -0.130. The van der Waals surface area contributed by atoms with Gasteiger partial charge >= 0.3 is 0 Å². The van der Waals surface area contributed by atoms with Gasteiger partial charge in [-0.15, -0.1) is 0 Å². The molecule has 2 aliphatic heterocycles. The Kier molecular flexibility index (Phi) is 3.26. The van der Waals surface area contributed by atoms with Gasteiger partial charge in [-0.2, -0.15) is 0 Å². The van der Waals surface area contributed by atoms with Crippen molar-refractivity contribution in [1.82, 2.24) is 9.80 Å². The molecule has 4 nitrogen and oxygen atoms in total. The summed E-state index contributed by atoms with van der Waals surface area (Å²) in [5, 5.41) is 0. The Bertz CT molecular complexity index is 236. The molecule has 0 bridgehead atoms. The van der Waals surface area contributed by atoms with Crippen LogP contribution in [-0.2, 0) is 4.79 Å². The van der Waals surface area contributed by atoms with Crippen LogP contribution in [0.5, 0.6) is 0 Å². The topological polar surface area (TPSA) is 49.6 Å². The van der Waals surface area contributed by atoms with E-state index < -0.39 is 0 Å². The van der Waals surface area contributed by atoms with E-state index in [2.05, 4.69) is 11.8 Å². The first-order chi connectivity index (χ1) is 7.20. The third-order valence-corrected chi connectivity index (χ3v) is 3.63. The molecule has 2 fully saturated rings. The molecule has 0 aliphatic carbocycles. The van der Waals surface area contributed by atoms with E-state index >= 15 is 0 Å². The molecule has 2 saturated heterocycles. The predicted octanol–water partition coefficient (Wildman–Crippen LogP) is 0.0303. The summed E-state index contributed by atoms with van der Waals surface area (Å²) in [6.07, 6.45) is 2.78. The van der Waals surface area contributed by atoms with Gasteiger partial charge in [0.15, 0.2) is 0 Å². The lowest BCUT2D eigenvalue weighted by atomic mass is 10.0. The summed E-state index contributed by atoms with van der Waals surface area (Å²) in [4.78, 5) is 16.1. The number of rotatable bonds is 2. The van der Waals surface area contributed by atoms with E-state index in [4.69, 9.17) is 5.73 Å². The van der Waals surface area contributed by atoms with E-state index in [9.17, 15) is 4.79 Å². The van der Waals surface area contributed by atoms with E-state index in [1.54, 1.807) is 0 Å². The molecule has 2 heterocycles. The summed E-state index contributed by atoms with van der Waals surface area (Å²) < 4.78 is 0. The Morgan fingerprint density at radius 3 is 2.53 bits per heavy atom. The van der Waals surface area contributed by atoms with Gasteiger partial charge in [-0.05, 0) is 19.4 Å². The van der Waals surface area contributed by atoms with Gasteiger partial charge in [0.25, 0.3) is 0 Å². The van der Waals surface area contributed by atoms with Crippen LogP contribution in [0.15, 0.2) is 0 Å². The highest BCUT2D eigenvalue weighted by Crippen LogP contribution is 2.21. The van der Waals surface area contributed by atoms with Crippen molar-refractivity contribution < 1.29 is 4.79 Å². The van der Waals surface area contributed by atoms with Crippen LogP contribution in [0, 0.1) is 0 Å². The zero-order valence-electron chi connectivity index (χ0n) is 9.48. The summed E-state index contributed by atoms with van der Waals surface area (Å²) in [5.41, 5.74) is 5.80. The van der Waals surface area contributed by atoms with Gasteiger partial charge in [0.05, 0.1) is 0 Å². The highest BCUT2D eigenvalue weighted by Gasteiger charge is 2.33. The third-order valence-electron chi connectivity index (χ3n) is 3.63. The first-order valence-corrected chi connectivity index (χ1v) is 5.98. The molecule has 2 rings (SSSR count). The SMILES string of the molecule is CCN1CCC(N2CC(N)CC2=O)CC1. The van der Waals surface area contributed by atoms with Crippen molar-refractivity contribution in [2.75, 3.05) is 26.2 Å². The fraction of sp³-hybridized carbons (Fsp3) is 0.909. The van der Waals surface area contributed by atoms with E-state index in [1.807, 2.05) is 4.90 Å². The van der Waals surface area contributed by atoms with Gasteiger partial charge in [-0.3, -0.25) is 4.79 Å². The largest absolute Gasteiger partial charge is 0.338 e. The second kappa shape index (κ2) is 4.49. The third kappa shape index (κ3) is 2.32. The molecule has 0 spiro atoms. The number of piperidine rings is 1. The summed E-state index contributed by atoms with van der Waals surface area (Å²) >= 11 is 0. The molecular weight excluding hydrogens is 190 g/mol. The second-order valence-corrected chi connectivity index (χ2v) is 4.68. The van der Waals surface area contributed by atoms with E-state index in [0.717, 1.165) is 39.0 Å². The first kappa shape index (κ1) is 10.9. The summed E-state index contributed by atoms with van der Waals surface area (Å²) in [7, 11) is 0. The monoisotopic (exact) mass is 211 g/mol. The van der Waals surface area contributed by atoms with Crippen molar-refractivity contribution in [1.29, 1.82) is 0 Å². The maximum absolute atomic E-state index is 11.7. The quantitative estimate of drug-likeness (QED) is 0.701. The number of carbonyl (C=O) groups is 1. The van der Waals surface area contributed by atoms with Crippen LogP contribution < -0.4 is 5.73 Å². The summed E-state index contributed by atoms with van der Waals surface area (Å²) in [6.45, 7) is 6.34. The van der Waals surface area contributed by atoms with E-state index in [1.165, 1.54) is 0 Å². The molecule has 15 heavy (non-hydrogen) atoms. The van der Waals surface area contributed by atoms with Crippen molar-refractivity contribution >= 4 is 5.91 Å². The standard InChI is InChI=1S/C11H21N3O/c1-2-13-5-3-10(4-6-13)14-8-9(12)7-11(14)15/h9-10H,2-8,12H2,1H3. The molecular formula is C11H21N3O. The number of likely N-dealkylation sites (tertiary alicyclic amines) is 2. The Labute approximate surface area is 91.4 Å². The zero-order valence-corrected chi connectivity index (χ0v) is 9.48.